The maximum atomic E-state index is 12.1. The Labute approximate surface area is 234 Å². The van der Waals surface area contributed by atoms with Crippen molar-refractivity contribution < 1.29 is 39.2 Å². The monoisotopic (exact) mass is 558 g/mol. The lowest BCUT2D eigenvalue weighted by Gasteiger charge is -2.14. The van der Waals surface area contributed by atoms with Crippen LogP contribution in [0.25, 0.3) is 0 Å². The maximum absolute atomic E-state index is 12.1. The van der Waals surface area contributed by atoms with Crippen LogP contribution in [-0.2, 0) is 23.9 Å². The predicted octanol–water partition coefficient (Wildman–Crippen LogP) is 4.57. The number of carbonyl (C=O) groups excluding carboxylic acids is 2. The first kappa shape index (κ1) is 36.8. The molecule has 0 bridgehead atoms. The highest BCUT2D eigenvalue weighted by Crippen LogP contribution is 2.14. The molecule has 0 aromatic rings. The highest BCUT2D eigenvalue weighted by atomic mass is 16.5. The number of ether oxygens (including phenoxy) is 1. The van der Waals surface area contributed by atoms with Crippen molar-refractivity contribution >= 4 is 23.8 Å². The first-order valence-electron chi connectivity index (χ1n) is 15.1. The summed E-state index contributed by atoms with van der Waals surface area (Å²) in [6.45, 7) is 0.668. The van der Waals surface area contributed by atoms with E-state index in [-0.39, 0.29) is 51.0 Å². The molecule has 0 saturated carbocycles. The Balaban J connectivity index is 3.57. The van der Waals surface area contributed by atoms with Crippen molar-refractivity contribution in [2.24, 2.45) is 0 Å². The van der Waals surface area contributed by atoms with Gasteiger partial charge in [0.15, 0.2) is 0 Å². The Morgan fingerprint density at radius 3 is 1.49 bits per heavy atom. The van der Waals surface area contributed by atoms with Gasteiger partial charge in [-0.25, -0.2) is 4.79 Å². The average molecular weight is 559 g/mol. The molecule has 0 radical (unpaired) electrons. The van der Waals surface area contributed by atoms with Crippen LogP contribution in [0.3, 0.4) is 0 Å². The molecule has 10 nitrogen and oxygen atoms in total. The molecule has 5 N–H and O–H groups in total. The van der Waals surface area contributed by atoms with E-state index in [2.05, 4.69) is 10.6 Å². The van der Waals surface area contributed by atoms with Crippen LogP contribution in [0.4, 0.5) is 0 Å². The largest absolute Gasteiger partial charge is 0.481 e. The Hall–Kier alpha value is -2.20. The van der Waals surface area contributed by atoms with Crippen LogP contribution in [0.5, 0.6) is 0 Å². The molecule has 39 heavy (non-hydrogen) atoms. The number of amides is 2. The fourth-order valence-electron chi connectivity index (χ4n) is 4.35. The van der Waals surface area contributed by atoms with Crippen molar-refractivity contribution in [2.75, 3.05) is 26.4 Å². The summed E-state index contributed by atoms with van der Waals surface area (Å²) in [7, 11) is 0. The highest BCUT2D eigenvalue weighted by Gasteiger charge is 2.20. The number of aliphatic hydroxyl groups excluding tert-OH is 1. The van der Waals surface area contributed by atoms with E-state index in [1.807, 2.05) is 0 Å². The van der Waals surface area contributed by atoms with Gasteiger partial charge in [-0.3, -0.25) is 14.4 Å². The summed E-state index contributed by atoms with van der Waals surface area (Å²) in [5.74, 6) is -2.44. The third-order valence-corrected chi connectivity index (χ3v) is 6.64. The molecule has 2 amide bonds. The van der Waals surface area contributed by atoms with Crippen LogP contribution < -0.4 is 10.6 Å². The van der Waals surface area contributed by atoms with Gasteiger partial charge in [-0.1, -0.05) is 89.9 Å². The van der Waals surface area contributed by atoms with E-state index in [4.69, 9.17) is 14.9 Å². The molecule has 0 unspecified atom stereocenters. The fraction of sp³-hybridized carbons (Fsp3) is 0.862. The number of carboxylic acid groups (broad SMARTS) is 2. The third-order valence-electron chi connectivity index (χ3n) is 6.64. The quantitative estimate of drug-likeness (QED) is 0.0834. The Bertz CT molecular complexity index is 645. The van der Waals surface area contributed by atoms with Crippen LogP contribution in [-0.4, -0.2) is 71.5 Å². The number of hydrogen-bond donors (Lipinski definition) is 5. The lowest BCUT2D eigenvalue weighted by molar-refractivity contribution is -0.142. The van der Waals surface area contributed by atoms with Crippen LogP contribution >= 0.6 is 0 Å². The minimum Gasteiger partial charge on any atom is -0.481 e. The van der Waals surface area contributed by atoms with Gasteiger partial charge in [0.1, 0.15) is 6.04 Å². The number of aliphatic carboxylic acids is 2. The number of carboxylic acids is 2. The van der Waals surface area contributed by atoms with Crippen molar-refractivity contribution in [2.45, 2.75) is 134 Å². The van der Waals surface area contributed by atoms with Gasteiger partial charge in [0.25, 0.3) is 0 Å². The summed E-state index contributed by atoms with van der Waals surface area (Å²) in [4.78, 5) is 45.8. The Morgan fingerprint density at radius 1 is 0.590 bits per heavy atom. The van der Waals surface area contributed by atoms with Crippen LogP contribution in [0, 0.1) is 0 Å². The van der Waals surface area contributed by atoms with Crippen molar-refractivity contribution in [3.8, 4) is 0 Å². The predicted molar refractivity (Wildman–Crippen MR) is 150 cm³/mol. The number of unbranched alkanes of at least 4 members (excludes halogenated alkanes) is 15. The number of nitrogens with one attached hydrogen (secondary N) is 2. The van der Waals surface area contributed by atoms with E-state index in [1.54, 1.807) is 0 Å². The van der Waals surface area contributed by atoms with E-state index in [1.165, 1.54) is 57.8 Å². The van der Waals surface area contributed by atoms with Crippen molar-refractivity contribution in [1.29, 1.82) is 0 Å². The topological polar surface area (TPSA) is 162 Å². The van der Waals surface area contributed by atoms with E-state index >= 15 is 0 Å². The first-order valence-corrected chi connectivity index (χ1v) is 15.1. The molecule has 1 atom stereocenters. The normalized spacial score (nSPS) is 11.7. The van der Waals surface area contributed by atoms with Crippen LogP contribution in [0.15, 0.2) is 0 Å². The minimum absolute atomic E-state index is 0.00513. The Morgan fingerprint density at radius 2 is 1.05 bits per heavy atom. The second-order valence-electron chi connectivity index (χ2n) is 10.2. The van der Waals surface area contributed by atoms with E-state index in [0.29, 0.717) is 12.8 Å². The summed E-state index contributed by atoms with van der Waals surface area (Å²) < 4.78 is 5.04. The molecule has 10 heteroatoms. The number of aliphatic hydroxyl groups is 1. The molecular formula is C29H54N2O8. The van der Waals surface area contributed by atoms with Gasteiger partial charge in [-0.2, -0.15) is 0 Å². The molecule has 0 spiro atoms. The molecule has 228 valence electrons. The molecule has 0 fully saturated rings. The zero-order valence-corrected chi connectivity index (χ0v) is 23.9. The molecule has 0 saturated heterocycles. The van der Waals surface area contributed by atoms with Gasteiger partial charge in [0.2, 0.25) is 11.8 Å². The molecule has 0 rings (SSSR count). The van der Waals surface area contributed by atoms with Gasteiger partial charge in [-0.15, -0.1) is 0 Å². The third kappa shape index (κ3) is 27.2. The SMILES string of the molecule is O=C(O)CCCCCCCCCCCCCCCCCCC(=O)N[C@@H](CCC(=O)NCCOCCO)C(=O)O. The molecule has 0 aromatic carbocycles. The number of carbonyl (C=O) groups is 4. The Kier molecular flexibility index (Phi) is 25.8. The van der Waals surface area contributed by atoms with Gasteiger partial charge in [0.05, 0.1) is 19.8 Å². The number of hydrogen-bond acceptors (Lipinski definition) is 6. The zero-order valence-electron chi connectivity index (χ0n) is 23.9. The van der Waals surface area contributed by atoms with Crippen molar-refractivity contribution in [3.63, 3.8) is 0 Å². The smallest absolute Gasteiger partial charge is 0.326 e. The van der Waals surface area contributed by atoms with Crippen molar-refractivity contribution in [1.82, 2.24) is 10.6 Å². The second kappa shape index (κ2) is 27.4. The van der Waals surface area contributed by atoms with Crippen molar-refractivity contribution in [3.05, 3.63) is 0 Å². The summed E-state index contributed by atoms with van der Waals surface area (Å²) in [5, 5.41) is 31.7. The molecular weight excluding hydrogens is 504 g/mol. The summed E-state index contributed by atoms with van der Waals surface area (Å²) in [6, 6.07) is -1.08. The zero-order chi connectivity index (χ0) is 29.0. The lowest BCUT2D eigenvalue weighted by Crippen LogP contribution is -2.41. The van der Waals surface area contributed by atoms with Gasteiger partial charge < -0.3 is 30.7 Å². The molecule has 0 aliphatic heterocycles. The highest BCUT2D eigenvalue weighted by molar-refractivity contribution is 5.84. The van der Waals surface area contributed by atoms with Crippen LogP contribution in [0.2, 0.25) is 0 Å². The van der Waals surface area contributed by atoms with E-state index in [0.717, 1.165) is 44.9 Å². The van der Waals surface area contributed by atoms with Gasteiger partial charge in [0, 0.05) is 25.8 Å². The molecule has 0 aliphatic rings. The summed E-state index contributed by atoms with van der Waals surface area (Å²) in [5.41, 5.74) is 0. The maximum Gasteiger partial charge on any atom is 0.326 e. The lowest BCUT2D eigenvalue weighted by atomic mass is 10.0. The second-order valence-corrected chi connectivity index (χ2v) is 10.2. The van der Waals surface area contributed by atoms with Gasteiger partial charge >= 0.3 is 11.9 Å². The van der Waals surface area contributed by atoms with E-state index < -0.39 is 18.0 Å². The summed E-state index contributed by atoms with van der Waals surface area (Å²) >= 11 is 0. The summed E-state index contributed by atoms with van der Waals surface area (Å²) in [6.07, 6.45) is 18.8. The van der Waals surface area contributed by atoms with Crippen LogP contribution in [0.1, 0.15) is 128 Å². The fourth-order valence-corrected chi connectivity index (χ4v) is 4.35. The minimum atomic E-state index is -1.15. The molecule has 0 heterocycles. The first-order chi connectivity index (χ1) is 18.9. The standard InChI is InChI=1S/C29H54N2O8/c32-22-24-39-23-21-30-26(33)20-19-25(29(37)38)31-27(34)17-15-13-11-9-7-5-3-1-2-4-6-8-10-12-14-16-18-28(35)36/h25,32H,1-24H2,(H,30,33)(H,31,34)(H,35,36)(H,37,38)/t25-/m0/s1. The molecule has 0 aromatic heterocycles. The van der Waals surface area contributed by atoms with Gasteiger partial charge in [-0.05, 0) is 19.3 Å². The number of rotatable bonds is 29. The molecule has 0 aliphatic carbocycles. The average Bonchev–Trinajstić information content (AvgIpc) is 2.89. The van der Waals surface area contributed by atoms with E-state index in [9.17, 15) is 24.3 Å².